The van der Waals surface area contributed by atoms with Crippen LogP contribution in [0.3, 0.4) is 0 Å². The molecular weight excluding hydrogens is 456 g/mol. The highest BCUT2D eigenvalue weighted by molar-refractivity contribution is 6.30. The first-order valence-electron chi connectivity index (χ1n) is 11.2. The zero-order chi connectivity index (χ0) is 24.5. The van der Waals surface area contributed by atoms with Crippen molar-refractivity contribution in [2.24, 2.45) is 0 Å². The van der Waals surface area contributed by atoms with Crippen LogP contribution in [0.5, 0.6) is 0 Å². The van der Waals surface area contributed by atoms with Crippen molar-refractivity contribution in [2.75, 3.05) is 6.61 Å². The number of hydrogen-bond acceptors (Lipinski definition) is 5. The molecule has 3 aromatic rings. The molecule has 0 spiro atoms. The van der Waals surface area contributed by atoms with E-state index in [4.69, 9.17) is 16.3 Å². The number of amides is 1. The second-order valence-electron chi connectivity index (χ2n) is 7.92. The second kappa shape index (κ2) is 12.1. The number of unbranched alkanes of at least 4 members (excludes halogenated alkanes) is 1. The zero-order valence-corrected chi connectivity index (χ0v) is 19.7. The van der Waals surface area contributed by atoms with Gasteiger partial charge in [-0.25, -0.2) is 0 Å². The number of esters is 1. The van der Waals surface area contributed by atoms with E-state index in [0.29, 0.717) is 41.1 Å². The molecule has 1 heterocycles. The number of carbonyl (C=O) groups is 3. The number of halogens is 1. The summed E-state index contributed by atoms with van der Waals surface area (Å²) in [5.41, 5.74) is 1.42. The molecule has 0 fully saturated rings. The molecule has 1 amide bonds. The summed E-state index contributed by atoms with van der Waals surface area (Å²) >= 11 is 5.91. The van der Waals surface area contributed by atoms with Gasteiger partial charge in [0.2, 0.25) is 5.56 Å². The molecule has 34 heavy (non-hydrogen) atoms. The van der Waals surface area contributed by atoms with Gasteiger partial charge >= 0.3 is 5.97 Å². The lowest BCUT2D eigenvalue weighted by Gasteiger charge is -2.19. The Morgan fingerprint density at radius 1 is 1.03 bits per heavy atom. The number of ether oxygens (including phenoxy) is 1. The minimum Gasteiger partial charge on any atom is -0.466 e. The summed E-state index contributed by atoms with van der Waals surface area (Å²) in [6.07, 6.45) is 1.59. The Kier molecular flexibility index (Phi) is 8.99. The zero-order valence-electron chi connectivity index (χ0n) is 18.9. The number of nitrogens with one attached hydrogen (secondary N) is 2. The molecule has 1 aromatic heterocycles. The molecule has 8 heteroatoms. The first kappa shape index (κ1) is 25.2. The summed E-state index contributed by atoms with van der Waals surface area (Å²) in [6, 6.07) is 14.3. The van der Waals surface area contributed by atoms with Gasteiger partial charge in [-0.1, -0.05) is 29.8 Å². The van der Waals surface area contributed by atoms with Crippen molar-refractivity contribution in [2.45, 2.75) is 45.1 Å². The highest BCUT2D eigenvalue weighted by Crippen LogP contribution is 2.18. The number of H-pyrrole nitrogens is 1. The van der Waals surface area contributed by atoms with E-state index in [1.54, 1.807) is 37.3 Å². The van der Waals surface area contributed by atoms with E-state index < -0.39 is 11.9 Å². The summed E-state index contributed by atoms with van der Waals surface area (Å²) in [4.78, 5) is 52.5. The smallest absolute Gasteiger partial charge is 0.305 e. The molecule has 0 saturated carbocycles. The summed E-state index contributed by atoms with van der Waals surface area (Å²) in [5, 5.41) is 4.13. The lowest BCUT2D eigenvalue weighted by Crippen LogP contribution is -2.42. The van der Waals surface area contributed by atoms with Crippen molar-refractivity contribution in [1.82, 2.24) is 10.3 Å². The highest BCUT2D eigenvalue weighted by Gasteiger charge is 2.23. The van der Waals surface area contributed by atoms with Crippen LogP contribution in [-0.4, -0.2) is 35.3 Å². The van der Waals surface area contributed by atoms with Crippen molar-refractivity contribution in [1.29, 1.82) is 0 Å². The number of fused-ring (bicyclic) bond motifs is 1. The number of carbonyl (C=O) groups excluding carboxylic acids is 3. The maximum absolute atomic E-state index is 13.1. The van der Waals surface area contributed by atoms with E-state index in [9.17, 15) is 19.2 Å². The van der Waals surface area contributed by atoms with Crippen LogP contribution in [0.1, 0.15) is 48.5 Å². The van der Waals surface area contributed by atoms with Gasteiger partial charge in [0.05, 0.1) is 12.6 Å². The van der Waals surface area contributed by atoms with Gasteiger partial charge in [0.25, 0.3) is 5.91 Å². The number of hydrogen-bond donors (Lipinski definition) is 2. The third-order valence-electron chi connectivity index (χ3n) is 5.42. The summed E-state index contributed by atoms with van der Waals surface area (Å²) in [7, 11) is 0. The van der Waals surface area contributed by atoms with Crippen LogP contribution in [0.15, 0.2) is 59.4 Å². The van der Waals surface area contributed by atoms with Crippen LogP contribution < -0.4 is 10.9 Å². The molecular formula is C26H27ClN2O5. The van der Waals surface area contributed by atoms with Crippen LogP contribution in [0, 0.1) is 0 Å². The highest BCUT2D eigenvalue weighted by atomic mass is 35.5. The molecule has 178 valence electrons. The van der Waals surface area contributed by atoms with Gasteiger partial charge in [-0.05, 0) is 55.7 Å². The maximum atomic E-state index is 13.1. The molecule has 0 aliphatic carbocycles. The molecule has 7 nitrogen and oxygen atoms in total. The molecule has 3 rings (SSSR count). The first-order chi connectivity index (χ1) is 16.4. The van der Waals surface area contributed by atoms with Crippen molar-refractivity contribution >= 4 is 40.2 Å². The number of rotatable bonds is 11. The maximum Gasteiger partial charge on any atom is 0.305 e. The predicted octanol–water partition coefficient (Wildman–Crippen LogP) is 4.22. The number of benzene rings is 2. The standard InChI is InChI=1S/C26H27ClN2O5/c1-2-34-25(32)10-6-5-9-23(30)22(29-26(33)17-11-13-19(27)14-12-17)15-18-16-24(31)28-21-8-4-3-7-20(18)21/h3-4,7-8,11-14,16,22H,2,5-6,9-10,15H2,1H3,(H,28,31)(H,29,33). The van der Waals surface area contributed by atoms with E-state index in [1.807, 2.05) is 18.2 Å². The fourth-order valence-electron chi connectivity index (χ4n) is 3.73. The Morgan fingerprint density at radius 3 is 2.47 bits per heavy atom. The SMILES string of the molecule is CCOC(=O)CCCCC(=O)C(Cc1cc(=O)[nH]c2ccccc12)NC(=O)c1ccc(Cl)cc1. The molecule has 1 atom stereocenters. The van der Waals surface area contributed by atoms with Gasteiger partial charge in [0.15, 0.2) is 5.78 Å². The Morgan fingerprint density at radius 2 is 1.74 bits per heavy atom. The molecule has 2 aromatic carbocycles. The number of pyridine rings is 1. The number of ketones is 1. The molecule has 0 aliphatic rings. The van der Waals surface area contributed by atoms with Crippen LogP contribution in [0.2, 0.25) is 5.02 Å². The quantitative estimate of drug-likeness (QED) is 0.314. The van der Waals surface area contributed by atoms with E-state index in [0.717, 1.165) is 5.39 Å². The minimum atomic E-state index is -0.837. The van der Waals surface area contributed by atoms with E-state index in [2.05, 4.69) is 10.3 Å². The van der Waals surface area contributed by atoms with Gasteiger partial charge in [-0.15, -0.1) is 0 Å². The number of aromatic amines is 1. The molecule has 1 unspecified atom stereocenters. The van der Waals surface area contributed by atoms with Crippen molar-refractivity contribution < 1.29 is 19.1 Å². The van der Waals surface area contributed by atoms with Crippen LogP contribution in [0.4, 0.5) is 0 Å². The molecule has 2 N–H and O–H groups in total. The minimum absolute atomic E-state index is 0.167. The lowest BCUT2D eigenvalue weighted by molar-refractivity contribution is -0.143. The van der Waals surface area contributed by atoms with Crippen LogP contribution in [-0.2, 0) is 20.7 Å². The third kappa shape index (κ3) is 7.02. The fraction of sp³-hybridized carbons (Fsp3) is 0.308. The topological polar surface area (TPSA) is 105 Å². The van der Waals surface area contributed by atoms with Gasteiger partial charge < -0.3 is 15.0 Å². The average molecular weight is 483 g/mol. The lowest BCUT2D eigenvalue weighted by atomic mass is 9.96. The van der Waals surface area contributed by atoms with Crippen molar-refractivity contribution in [3.05, 3.63) is 81.1 Å². The average Bonchev–Trinajstić information content (AvgIpc) is 2.81. The molecule has 0 radical (unpaired) electrons. The molecule has 0 saturated heterocycles. The molecule has 0 aliphatic heterocycles. The summed E-state index contributed by atoms with van der Waals surface area (Å²) in [6.45, 7) is 2.06. The predicted molar refractivity (Wildman–Crippen MR) is 131 cm³/mol. The van der Waals surface area contributed by atoms with Crippen molar-refractivity contribution in [3.8, 4) is 0 Å². The number of Topliss-reactive ketones (excluding diaryl/α,β-unsaturated/α-hetero) is 1. The Hall–Kier alpha value is -3.45. The van der Waals surface area contributed by atoms with Gasteiger partial charge in [0, 0.05) is 46.8 Å². The van der Waals surface area contributed by atoms with Crippen LogP contribution >= 0.6 is 11.6 Å². The normalized spacial score (nSPS) is 11.7. The monoisotopic (exact) mass is 482 g/mol. The van der Waals surface area contributed by atoms with E-state index in [1.165, 1.54) is 6.07 Å². The fourth-order valence-corrected chi connectivity index (χ4v) is 3.86. The molecule has 0 bridgehead atoms. The Bertz CT molecular complexity index is 1220. The number of aromatic nitrogens is 1. The van der Waals surface area contributed by atoms with Crippen molar-refractivity contribution in [3.63, 3.8) is 0 Å². The third-order valence-corrected chi connectivity index (χ3v) is 5.67. The van der Waals surface area contributed by atoms with Crippen LogP contribution in [0.25, 0.3) is 10.9 Å². The van der Waals surface area contributed by atoms with Gasteiger partial charge in [0.1, 0.15) is 0 Å². The summed E-state index contributed by atoms with van der Waals surface area (Å²) < 4.78 is 4.91. The number of para-hydroxylation sites is 1. The van der Waals surface area contributed by atoms with E-state index in [-0.39, 0.29) is 36.6 Å². The summed E-state index contributed by atoms with van der Waals surface area (Å²) in [5.74, 6) is -0.872. The van der Waals surface area contributed by atoms with Gasteiger partial charge in [-0.2, -0.15) is 0 Å². The van der Waals surface area contributed by atoms with E-state index >= 15 is 0 Å². The Labute approximate surface area is 202 Å². The first-order valence-corrected chi connectivity index (χ1v) is 11.6. The van der Waals surface area contributed by atoms with Gasteiger partial charge in [-0.3, -0.25) is 19.2 Å². The second-order valence-corrected chi connectivity index (χ2v) is 8.36. The Balaban J connectivity index is 1.78. The largest absolute Gasteiger partial charge is 0.466 e.